The molecule has 0 saturated carbocycles. The zero-order valence-corrected chi connectivity index (χ0v) is 17.6. The minimum absolute atomic E-state index is 0.213. The number of fused-ring (bicyclic) bond motifs is 2. The lowest BCUT2D eigenvalue weighted by atomic mass is 10.0. The molecule has 0 spiro atoms. The number of carbonyl (C=O) groups is 1. The molecule has 3 aromatic rings. The van der Waals surface area contributed by atoms with Crippen molar-refractivity contribution in [3.8, 4) is 0 Å². The SMILES string of the molecule is Cn1nc(CCC(=O)N2CCOCC2)c2c1CCN(Cc1cccc3[nH]ccc13)C2. The van der Waals surface area contributed by atoms with Gasteiger partial charge in [-0.2, -0.15) is 5.10 Å². The molecule has 7 nitrogen and oxygen atoms in total. The van der Waals surface area contributed by atoms with Gasteiger partial charge in [0.1, 0.15) is 0 Å². The maximum atomic E-state index is 12.6. The van der Waals surface area contributed by atoms with Crippen molar-refractivity contribution in [2.75, 3.05) is 32.8 Å². The molecule has 0 aliphatic carbocycles. The van der Waals surface area contributed by atoms with Gasteiger partial charge in [-0.05, 0) is 17.7 Å². The predicted molar refractivity (Wildman–Crippen MR) is 115 cm³/mol. The molecule has 0 bridgehead atoms. The van der Waals surface area contributed by atoms with Crippen molar-refractivity contribution in [1.29, 1.82) is 0 Å². The van der Waals surface area contributed by atoms with Crippen LogP contribution in [0.2, 0.25) is 0 Å². The minimum atomic E-state index is 0.213. The summed E-state index contributed by atoms with van der Waals surface area (Å²) in [6, 6.07) is 8.62. The standard InChI is InChI=1S/C23H29N5O2/c1-26-22-8-10-27(15-17-3-2-4-20-18(17)7-9-24-20)16-19(22)21(25-26)5-6-23(29)28-11-13-30-14-12-28/h2-4,7,9,24H,5-6,8,10-16H2,1H3. The van der Waals surface area contributed by atoms with Gasteiger partial charge >= 0.3 is 0 Å². The number of nitrogens with zero attached hydrogens (tertiary/aromatic N) is 4. The second-order valence-electron chi connectivity index (χ2n) is 8.31. The number of benzene rings is 1. The van der Waals surface area contributed by atoms with Crippen LogP contribution in [0.15, 0.2) is 30.5 Å². The highest BCUT2D eigenvalue weighted by atomic mass is 16.5. The molecule has 2 aliphatic heterocycles. The third kappa shape index (κ3) is 3.75. The summed E-state index contributed by atoms with van der Waals surface area (Å²) in [4.78, 5) is 20.3. The first-order chi connectivity index (χ1) is 14.7. The molecule has 0 radical (unpaired) electrons. The first-order valence-corrected chi connectivity index (χ1v) is 10.9. The number of nitrogens with one attached hydrogen (secondary N) is 1. The zero-order chi connectivity index (χ0) is 20.5. The summed E-state index contributed by atoms with van der Waals surface area (Å²) in [5.41, 5.74) is 6.26. The Morgan fingerprint density at radius 3 is 2.93 bits per heavy atom. The van der Waals surface area contributed by atoms with E-state index in [1.54, 1.807) is 0 Å². The second-order valence-corrected chi connectivity index (χ2v) is 8.31. The molecular weight excluding hydrogens is 378 g/mol. The summed E-state index contributed by atoms with van der Waals surface area (Å²) < 4.78 is 7.38. The highest BCUT2D eigenvalue weighted by Gasteiger charge is 2.25. The minimum Gasteiger partial charge on any atom is -0.378 e. The Labute approximate surface area is 176 Å². The van der Waals surface area contributed by atoms with Crippen LogP contribution in [0, 0.1) is 0 Å². The van der Waals surface area contributed by atoms with Gasteiger partial charge in [0, 0.05) is 87.4 Å². The molecule has 1 amide bonds. The van der Waals surface area contributed by atoms with Gasteiger partial charge in [-0.3, -0.25) is 14.4 Å². The van der Waals surface area contributed by atoms with Crippen LogP contribution in [0.5, 0.6) is 0 Å². The Kier molecular flexibility index (Phi) is 5.31. The lowest BCUT2D eigenvalue weighted by molar-refractivity contribution is -0.135. The quantitative estimate of drug-likeness (QED) is 0.705. The average molecular weight is 408 g/mol. The van der Waals surface area contributed by atoms with E-state index in [-0.39, 0.29) is 5.91 Å². The van der Waals surface area contributed by atoms with Crippen LogP contribution < -0.4 is 0 Å². The molecule has 1 saturated heterocycles. The lowest BCUT2D eigenvalue weighted by Crippen LogP contribution is -2.40. The van der Waals surface area contributed by atoms with E-state index in [1.165, 1.54) is 27.7 Å². The first kappa shape index (κ1) is 19.3. The van der Waals surface area contributed by atoms with Gasteiger partial charge < -0.3 is 14.6 Å². The molecule has 0 unspecified atom stereocenters. The highest BCUT2D eigenvalue weighted by Crippen LogP contribution is 2.26. The maximum Gasteiger partial charge on any atom is 0.223 e. The van der Waals surface area contributed by atoms with Crippen LogP contribution in [-0.4, -0.2) is 63.3 Å². The summed E-state index contributed by atoms with van der Waals surface area (Å²) in [7, 11) is 2.03. The molecule has 158 valence electrons. The molecule has 2 aromatic heterocycles. The van der Waals surface area contributed by atoms with Gasteiger partial charge in [0.15, 0.2) is 0 Å². The molecule has 0 atom stereocenters. The Balaban J connectivity index is 1.28. The number of H-pyrrole nitrogens is 1. The summed E-state index contributed by atoms with van der Waals surface area (Å²) in [5.74, 6) is 0.213. The topological polar surface area (TPSA) is 66.4 Å². The molecule has 1 aromatic carbocycles. The first-order valence-electron chi connectivity index (χ1n) is 10.9. The van der Waals surface area contributed by atoms with Crippen molar-refractivity contribution in [2.45, 2.75) is 32.4 Å². The monoisotopic (exact) mass is 407 g/mol. The van der Waals surface area contributed by atoms with Crippen LogP contribution in [-0.2, 0) is 42.5 Å². The normalized spacial score (nSPS) is 17.4. The number of ether oxygens (including phenoxy) is 1. The van der Waals surface area contributed by atoms with Crippen LogP contribution in [0.1, 0.15) is 28.9 Å². The maximum absolute atomic E-state index is 12.6. The third-order valence-electron chi connectivity index (χ3n) is 6.42. The van der Waals surface area contributed by atoms with Crippen molar-refractivity contribution >= 4 is 16.8 Å². The van der Waals surface area contributed by atoms with Gasteiger partial charge in [0.25, 0.3) is 0 Å². The zero-order valence-electron chi connectivity index (χ0n) is 17.6. The largest absolute Gasteiger partial charge is 0.378 e. The molecule has 30 heavy (non-hydrogen) atoms. The summed E-state index contributed by atoms with van der Waals surface area (Å²) in [6.45, 7) is 5.55. The van der Waals surface area contributed by atoms with Crippen molar-refractivity contribution in [3.05, 3.63) is 53.0 Å². The number of aryl methyl sites for hydroxylation is 2. The summed E-state index contributed by atoms with van der Waals surface area (Å²) in [5, 5.41) is 6.08. The summed E-state index contributed by atoms with van der Waals surface area (Å²) in [6.07, 6.45) is 4.24. The lowest BCUT2D eigenvalue weighted by Gasteiger charge is -2.28. The van der Waals surface area contributed by atoms with E-state index in [4.69, 9.17) is 9.84 Å². The van der Waals surface area contributed by atoms with E-state index in [0.29, 0.717) is 39.1 Å². The molecule has 5 rings (SSSR count). The number of hydrogen-bond donors (Lipinski definition) is 1. The van der Waals surface area contributed by atoms with Gasteiger partial charge in [0.05, 0.1) is 18.9 Å². The van der Waals surface area contributed by atoms with E-state index in [1.807, 2.05) is 22.8 Å². The fourth-order valence-corrected chi connectivity index (χ4v) is 4.79. The Bertz CT molecular complexity index is 1050. The highest BCUT2D eigenvalue weighted by molar-refractivity contribution is 5.82. The number of amides is 1. The number of morpholine rings is 1. The summed E-state index contributed by atoms with van der Waals surface area (Å²) >= 11 is 0. The molecule has 2 aliphatic rings. The Hall–Kier alpha value is -2.64. The van der Waals surface area contributed by atoms with E-state index in [0.717, 1.165) is 31.7 Å². The average Bonchev–Trinajstić information content (AvgIpc) is 3.38. The van der Waals surface area contributed by atoms with E-state index in [9.17, 15) is 4.79 Å². The number of carbonyl (C=O) groups excluding carboxylic acids is 1. The Morgan fingerprint density at radius 1 is 1.20 bits per heavy atom. The van der Waals surface area contributed by atoms with Crippen LogP contribution in [0.4, 0.5) is 0 Å². The molecule has 1 fully saturated rings. The van der Waals surface area contributed by atoms with Gasteiger partial charge in [0.2, 0.25) is 5.91 Å². The predicted octanol–water partition coefficient (Wildman–Crippen LogP) is 2.25. The van der Waals surface area contributed by atoms with Gasteiger partial charge in [-0.1, -0.05) is 12.1 Å². The van der Waals surface area contributed by atoms with Crippen molar-refractivity contribution in [1.82, 2.24) is 24.6 Å². The van der Waals surface area contributed by atoms with Gasteiger partial charge in [-0.15, -0.1) is 0 Å². The van der Waals surface area contributed by atoms with Crippen LogP contribution in [0.3, 0.4) is 0 Å². The molecule has 1 N–H and O–H groups in total. The third-order valence-corrected chi connectivity index (χ3v) is 6.42. The molecule has 7 heteroatoms. The van der Waals surface area contributed by atoms with Crippen molar-refractivity contribution in [2.24, 2.45) is 7.05 Å². The molecular formula is C23H29N5O2. The van der Waals surface area contributed by atoms with Crippen molar-refractivity contribution in [3.63, 3.8) is 0 Å². The van der Waals surface area contributed by atoms with E-state index >= 15 is 0 Å². The van der Waals surface area contributed by atoms with Gasteiger partial charge in [-0.25, -0.2) is 0 Å². The smallest absolute Gasteiger partial charge is 0.223 e. The van der Waals surface area contributed by atoms with Crippen LogP contribution >= 0.6 is 0 Å². The Morgan fingerprint density at radius 2 is 2.07 bits per heavy atom. The van der Waals surface area contributed by atoms with E-state index < -0.39 is 0 Å². The number of aromatic nitrogens is 3. The number of rotatable bonds is 5. The van der Waals surface area contributed by atoms with Crippen LogP contribution in [0.25, 0.3) is 10.9 Å². The van der Waals surface area contributed by atoms with E-state index in [2.05, 4.69) is 34.1 Å². The second kappa shape index (κ2) is 8.24. The molecule has 4 heterocycles. The van der Waals surface area contributed by atoms with Crippen molar-refractivity contribution < 1.29 is 9.53 Å². The fraction of sp³-hybridized carbons (Fsp3) is 0.478. The number of aromatic amines is 1. The number of hydrogen-bond acceptors (Lipinski definition) is 4. The fourth-order valence-electron chi connectivity index (χ4n) is 4.79.